The number of piperidine rings is 2. The Morgan fingerprint density at radius 2 is 1.69 bits per heavy atom. The highest BCUT2D eigenvalue weighted by Gasteiger charge is 2.59. The summed E-state index contributed by atoms with van der Waals surface area (Å²) in [5.74, 6) is 0.610. The summed E-state index contributed by atoms with van der Waals surface area (Å²) in [4.78, 5) is 57.3. The Labute approximate surface area is 285 Å². The van der Waals surface area contributed by atoms with E-state index in [1.54, 1.807) is 12.1 Å². The van der Waals surface area contributed by atoms with Crippen molar-refractivity contribution in [3.8, 4) is 5.75 Å². The number of fused-ring (bicyclic) bond motifs is 7. The normalized spacial score (nSPS) is 29.9. The molecule has 9 heteroatoms. The summed E-state index contributed by atoms with van der Waals surface area (Å²) in [7, 11) is 0. The summed E-state index contributed by atoms with van der Waals surface area (Å²) in [6.07, 6.45) is 10.3. The molecule has 252 valence electrons. The van der Waals surface area contributed by atoms with Crippen molar-refractivity contribution in [2.45, 2.75) is 94.8 Å². The lowest BCUT2D eigenvalue weighted by molar-refractivity contribution is -0.127. The van der Waals surface area contributed by atoms with E-state index in [1.165, 1.54) is 22.4 Å². The number of nitrogens with zero attached hydrogens (tertiary/aromatic N) is 2. The number of anilines is 1. The third-order valence-corrected chi connectivity index (χ3v) is 12.4. The number of carbonyl (C=O) groups excluding carboxylic acids is 4. The van der Waals surface area contributed by atoms with Gasteiger partial charge in [0.05, 0.1) is 11.1 Å². The molecule has 49 heavy (non-hydrogen) atoms. The molecule has 3 fully saturated rings. The smallest absolute Gasteiger partial charge is 0.340 e. The van der Waals surface area contributed by atoms with Crippen molar-refractivity contribution < 1.29 is 33.4 Å². The highest BCUT2D eigenvalue weighted by molar-refractivity contribution is 6.01. The Morgan fingerprint density at radius 1 is 0.857 bits per heavy atom. The summed E-state index contributed by atoms with van der Waals surface area (Å²) in [5, 5.41) is 0. The van der Waals surface area contributed by atoms with Gasteiger partial charge in [-0.2, -0.15) is 0 Å². The Balaban J connectivity index is 1.14. The SMILES string of the molecule is O=C1CCC(=O)C(OC(=O)c2ccc3c(c2)C(=O)OC32C3=CC4CCCN5CCCC(=C3Oc3c2cc2c6c3CCCN6CCC2)C45)CC1. The van der Waals surface area contributed by atoms with Gasteiger partial charge in [0.25, 0.3) is 0 Å². The van der Waals surface area contributed by atoms with Crippen molar-refractivity contribution in [3.05, 3.63) is 80.6 Å². The first-order chi connectivity index (χ1) is 23.9. The van der Waals surface area contributed by atoms with Crippen LogP contribution in [0.4, 0.5) is 5.69 Å². The molecule has 0 aromatic heterocycles. The molecule has 6 heterocycles. The molecule has 0 bridgehead atoms. The standard InChI is InChI=1S/C40H40N2O7/c43-25-10-13-32(44)33(14-11-25)47-38(45)24-9-12-29-28(19-24)39(46)49-40(29)30-20-22-5-1-15-41-17-3-7-26(34(22)41)36(30)48-37-27-8-4-18-42-16-2-6-23(35(27)42)21-31(37)40/h9,12,19-22,33-34H,1-8,10-11,13-18H2. The number of rotatable bonds is 2. The van der Waals surface area contributed by atoms with Crippen molar-refractivity contribution in [1.82, 2.24) is 4.90 Å². The van der Waals surface area contributed by atoms with Gasteiger partial charge in [-0.05, 0) is 106 Å². The molecule has 2 aliphatic carbocycles. The summed E-state index contributed by atoms with van der Waals surface area (Å²) in [5.41, 5.74) is 6.99. The second kappa shape index (κ2) is 10.9. The van der Waals surface area contributed by atoms with E-state index < -0.39 is 23.6 Å². The topological polar surface area (TPSA) is 102 Å². The van der Waals surface area contributed by atoms with Crippen LogP contribution in [0.5, 0.6) is 5.75 Å². The van der Waals surface area contributed by atoms with E-state index in [0.717, 1.165) is 106 Å². The zero-order valence-corrected chi connectivity index (χ0v) is 27.7. The van der Waals surface area contributed by atoms with Crippen LogP contribution in [-0.4, -0.2) is 66.7 Å². The number of ether oxygens (including phenoxy) is 3. The Bertz CT molecular complexity index is 1940. The molecule has 1 saturated carbocycles. The number of hydrogen-bond donors (Lipinski definition) is 0. The van der Waals surface area contributed by atoms with Crippen LogP contribution < -0.4 is 9.64 Å². The van der Waals surface area contributed by atoms with Crippen molar-refractivity contribution in [2.24, 2.45) is 5.92 Å². The number of benzene rings is 2. The fraction of sp³-hybridized carbons (Fsp3) is 0.500. The van der Waals surface area contributed by atoms with E-state index in [-0.39, 0.29) is 42.8 Å². The van der Waals surface area contributed by atoms with Crippen LogP contribution in [0.1, 0.15) is 107 Å². The summed E-state index contributed by atoms with van der Waals surface area (Å²) in [6, 6.07) is 7.67. The first-order valence-corrected chi connectivity index (χ1v) is 18.4. The van der Waals surface area contributed by atoms with Gasteiger partial charge in [0.15, 0.2) is 17.5 Å². The predicted octanol–water partition coefficient (Wildman–Crippen LogP) is 5.50. The van der Waals surface area contributed by atoms with E-state index >= 15 is 0 Å². The van der Waals surface area contributed by atoms with Crippen LogP contribution in [0, 0.1) is 5.92 Å². The van der Waals surface area contributed by atoms with Crippen molar-refractivity contribution in [2.75, 3.05) is 31.1 Å². The fourth-order valence-corrected chi connectivity index (χ4v) is 10.3. The monoisotopic (exact) mass is 660 g/mol. The van der Waals surface area contributed by atoms with Gasteiger partial charge in [0.2, 0.25) is 0 Å². The van der Waals surface area contributed by atoms with Gasteiger partial charge in [-0.15, -0.1) is 0 Å². The molecule has 2 saturated heterocycles. The molecule has 2 aromatic carbocycles. The van der Waals surface area contributed by atoms with Crippen LogP contribution in [0.3, 0.4) is 0 Å². The average molecular weight is 661 g/mol. The predicted molar refractivity (Wildman–Crippen MR) is 179 cm³/mol. The van der Waals surface area contributed by atoms with Crippen LogP contribution in [0.15, 0.2) is 47.2 Å². The molecule has 1 spiro atoms. The van der Waals surface area contributed by atoms with Crippen molar-refractivity contribution in [3.63, 3.8) is 0 Å². The molecule has 4 atom stereocenters. The van der Waals surface area contributed by atoms with E-state index in [4.69, 9.17) is 14.2 Å². The van der Waals surface area contributed by atoms with Crippen LogP contribution in [0.25, 0.3) is 0 Å². The highest BCUT2D eigenvalue weighted by Crippen LogP contribution is 2.61. The van der Waals surface area contributed by atoms with E-state index in [9.17, 15) is 19.2 Å². The first kappa shape index (κ1) is 29.7. The Hall–Kier alpha value is -4.24. The maximum atomic E-state index is 14.2. The van der Waals surface area contributed by atoms with E-state index in [0.29, 0.717) is 17.5 Å². The number of carbonyl (C=O) groups is 4. The van der Waals surface area contributed by atoms with Crippen molar-refractivity contribution in [1.29, 1.82) is 0 Å². The highest BCUT2D eigenvalue weighted by atomic mass is 16.6. The number of ketones is 2. The largest absolute Gasteiger partial charge is 0.456 e. The summed E-state index contributed by atoms with van der Waals surface area (Å²) >= 11 is 0. The van der Waals surface area contributed by atoms with Crippen molar-refractivity contribution >= 4 is 29.2 Å². The molecule has 0 radical (unpaired) electrons. The third kappa shape index (κ3) is 4.27. The quantitative estimate of drug-likeness (QED) is 0.305. The maximum Gasteiger partial charge on any atom is 0.340 e. The minimum atomic E-state index is -1.20. The van der Waals surface area contributed by atoms with Crippen LogP contribution in [0.2, 0.25) is 0 Å². The van der Waals surface area contributed by atoms with Crippen LogP contribution in [-0.2, 0) is 37.5 Å². The number of Topliss-reactive ketones (excluding diaryl/α,β-unsaturated/α-hetero) is 2. The molecule has 2 aromatic rings. The molecule has 9 nitrogen and oxygen atoms in total. The maximum absolute atomic E-state index is 14.2. The summed E-state index contributed by atoms with van der Waals surface area (Å²) in [6.45, 7) is 4.27. The van der Waals surface area contributed by atoms with Gasteiger partial charge in [0, 0.05) is 66.3 Å². The molecule has 0 N–H and O–H groups in total. The summed E-state index contributed by atoms with van der Waals surface area (Å²) < 4.78 is 19.6. The van der Waals surface area contributed by atoms with Gasteiger partial charge < -0.3 is 19.1 Å². The van der Waals surface area contributed by atoms with Gasteiger partial charge >= 0.3 is 11.9 Å². The number of esters is 2. The minimum Gasteiger partial charge on any atom is -0.456 e. The lowest BCUT2D eigenvalue weighted by atomic mass is 9.67. The van der Waals surface area contributed by atoms with E-state index in [2.05, 4.69) is 21.9 Å². The second-order valence-corrected chi connectivity index (χ2v) is 15.1. The number of aryl methyl sites for hydroxylation is 1. The number of hydrogen-bond acceptors (Lipinski definition) is 9. The van der Waals surface area contributed by atoms with Gasteiger partial charge in [-0.1, -0.05) is 12.1 Å². The minimum absolute atomic E-state index is 0.00386. The van der Waals surface area contributed by atoms with Gasteiger partial charge in [0.1, 0.15) is 17.3 Å². The Morgan fingerprint density at radius 3 is 2.59 bits per heavy atom. The van der Waals surface area contributed by atoms with E-state index in [1.807, 2.05) is 6.07 Å². The molecule has 10 rings (SSSR count). The second-order valence-electron chi connectivity index (χ2n) is 15.1. The zero-order valence-electron chi connectivity index (χ0n) is 27.7. The average Bonchev–Trinajstić information content (AvgIpc) is 3.31. The zero-order chi connectivity index (χ0) is 33.0. The molecule has 4 unspecified atom stereocenters. The van der Waals surface area contributed by atoms with Gasteiger partial charge in [-0.25, -0.2) is 9.59 Å². The molecular formula is C40H40N2O7. The molecule has 0 amide bonds. The lowest BCUT2D eigenvalue weighted by Gasteiger charge is -2.51. The molecule has 6 aliphatic heterocycles. The fourth-order valence-electron chi connectivity index (χ4n) is 10.3. The van der Waals surface area contributed by atoms with Crippen LogP contribution >= 0.6 is 0 Å². The lowest BCUT2D eigenvalue weighted by Crippen LogP contribution is -2.52. The first-order valence-electron chi connectivity index (χ1n) is 18.4. The Kier molecular flexibility index (Phi) is 6.58. The van der Waals surface area contributed by atoms with Gasteiger partial charge in [-0.3, -0.25) is 14.5 Å². The molecule has 8 aliphatic rings. The molecular weight excluding hydrogens is 620 g/mol. The third-order valence-electron chi connectivity index (χ3n) is 12.4.